The molecule has 0 atom stereocenters. The van der Waals surface area contributed by atoms with Gasteiger partial charge in [-0.2, -0.15) is 0 Å². The van der Waals surface area contributed by atoms with Gasteiger partial charge in [-0.25, -0.2) is 0 Å². The van der Waals surface area contributed by atoms with Gasteiger partial charge in [-0.15, -0.1) is 11.3 Å². The molecular weight excluding hydrogens is 328 g/mol. The summed E-state index contributed by atoms with van der Waals surface area (Å²) in [5.74, 6) is 0.275. The number of para-hydroxylation sites is 1. The standard InChI is InChI=1S/C14H13ClN2O2S2/c15-12-6-5-9(21-12)7-17-13(18)8-19-11-4-2-1-3-10(11)14(16)20/h1-6H,7-8H2,(H2,16,20)(H,17,18). The molecule has 0 radical (unpaired) electrons. The third kappa shape index (κ3) is 4.70. The van der Waals surface area contributed by atoms with E-state index in [1.807, 2.05) is 12.1 Å². The van der Waals surface area contributed by atoms with Crippen LogP contribution >= 0.6 is 35.2 Å². The molecule has 0 unspecified atom stereocenters. The number of rotatable bonds is 6. The first-order valence-electron chi connectivity index (χ1n) is 6.09. The predicted octanol–water partition coefficient (Wildman–Crippen LogP) is 2.73. The number of thiocarbonyl (C=S) groups is 1. The Bertz CT molecular complexity index is 658. The Kier molecular flexibility index (Phi) is 5.55. The van der Waals surface area contributed by atoms with Crippen molar-refractivity contribution in [2.24, 2.45) is 5.73 Å². The SMILES string of the molecule is NC(=S)c1ccccc1OCC(=O)NCc1ccc(Cl)s1. The van der Waals surface area contributed by atoms with Gasteiger partial charge in [0.2, 0.25) is 0 Å². The highest BCUT2D eigenvalue weighted by atomic mass is 35.5. The van der Waals surface area contributed by atoms with Crippen LogP contribution in [0.2, 0.25) is 4.34 Å². The molecule has 7 heteroatoms. The van der Waals surface area contributed by atoms with Crippen molar-refractivity contribution in [3.63, 3.8) is 0 Å². The number of hydrogen-bond acceptors (Lipinski definition) is 4. The Morgan fingerprint density at radius 2 is 2.10 bits per heavy atom. The fourth-order valence-electron chi connectivity index (χ4n) is 1.62. The third-order valence-corrected chi connectivity index (χ3v) is 4.05. The van der Waals surface area contributed by atoms with Gasteiger partial charge in [-0.1, -0.05) is 36.0 Å². The fourth-order valence-corrected chi connectivity index (χ4v) is 2.82. The molecule has 21 heavy (non-hydrogen) atoms. The fraction of sp³-hybridized carbons (Fsp3) is 0.143. The maximum Gasteiger partial charge on any atom is 0.258 e. The lowest BCUT2D eigenvalue weighted by molar-refractivity contribution is -0.123. The van der Waals surface area contributed by atoms with Gasteiger partial charge in [-0.3, -0.25) is 4.79 Å². The first-order chi connectivity index (χ1) is 10.1. The van der Waals surface area contributed by atoms with Crippen LogP contribution in [0.3, 0.4) is 0 Å². The summed E-state index contributed by atoms with van der Waals surface area (Å²) in [4.78, 5) is 13.0. The van der Waals surface area contributed by atoms with Gasteiger partial charge in [0.25, 0.3) is 5.91 Å². The number of benzene rings is 1. The average Bonchev–Trinajstić information content (AvgIpc) is 2.88. The lowest BCUT2D eigenvalue weighted by atomic mass is 10.2. The zero-order valence-electron chi connectivity index (χ0n) is 11.0. The number of thiophene rings is 1. The molecule has 0 bridgehead atoms. The Morgan fingerprint density at radius 1 is 1.33 bits per heavy atom. The zero-order chi connectivity index (χ0) is 15.2. The molecule has 0 aliphatic rings. The van der Waals surface area contributed by atoms with Crippen LogP contribution in [0, 0.1) is 0 Å². The highest BCUT2D eigenvalue weighted by Gasteiger charge is 2.08. The van der Waals surface area contributed by atoms with Crippen molar-refractivity contribution < 1.29 is 9.53 Å². The molecule has 0 aliphatic heterocycles. The molecule has 1 aromatic carbocycles. The molecule has 0 fully saturated rings. The van der Waals surface area contributed by atoms with Crippen molar-refractivity contribution in [1.82, 2.24) is 5.32 Å². The Morgan fingerprint density at radius 3 is 2.76 bits per heavy atom. The van der Waals surface area contributed by atoms with Gasteiger partial charge < -0.3 is 15.8 Å². The summed E-state index contributed by atoms with van der Waals surface area (Å²) in [5, 5.41) is 2.75. The molecule has 110 valence electrons. The topological polar surface area (TPSA) is 64.3 Å². The van der Waals surface area contributed by atoms with Crippen molar-refractivity contribution in [2.45, 2.75) is 6.54 Å². The molecule has 0 saturated carbocycles. The van der Waals surface area contributed by atoms with E-state index in [2.05, 4.69) is 5.32 Å². The molecule has 1 amide bonds. The molecule has 1 aromatic heterocycles. The van der Waals surface area contributed by atoms with E-state index in [0.717, 1.165) is 4.88 Å². The van der Waals surface area contributed by atoms with Gasteiger partial charge >= 0.3 is 0 Å². The predicted molar refractivity (Wildman–Crippen MR) is 89.0 cm³/mol. The number of carbonyl (C=O) groups is 1. The first kappa shape index (κ1) is 15.8. The highest BCUT2D eigenvalue weighted by Crippen LogP contribution is 2.21. The second-order valence-electron chi connectivity index (χ2n) is 4.13. The lowest BCUT2D eigenvalue weighted by Crippen LogP contribution is -2.28. The van der Waals surface area contributed by atoms with Crippen molar-refractivity contribution in [3.05, 3.63) is 51.2 Å². The molecule has 0 spiro atoms. The van der Waals surface area contributed by atoms with Crippen LogP contribution in [0.15, 0.2) is 36.4 Å². The van der Waals surface area contributed by atoms with Crippen LogP contribution in [-0.4, -0.2) is 17.5 Å². The van der Waals surface area contributed by atoms with Crippen molar-refractivity contribution >= 4 is 46.1 Å². The third-order valence-electron chi connectivity index (χ3n) is 2.60. The quantitative estimate of drug-likeness (QED) is 0.794. The molecule has 2 rings (SSSR count). The normalized spacial score (nSPS) is 10.1. The Balaban J connectivity index is 1.85. The molecule has 0 saturated heterocycles. The Hall–Kier alpha value is -1.63. The van der Waals surface area contributed by atoms with Gasteiger partial charge in [0.05, 0.1) is 16.4 Å². The van der Waals surface area contributed by atoms with E-state index in [9.17, 15) is 4.79 Å². The highest BCUT2D eigenvalue weighted by molar-refractivity contribution is 7.80. The van der Waals surface area contributed by atoms with Gasteiger partial charge in [-0.05, 0) is 24.3 Å². The van der Waals surface area contributed by atoms with E-state index >= 15 is 0 Å². The average molecular weight is 341 g/mol. The van der Waals surface area contributed by atoms with E-state index in [1.165, 1.54) is 11.3 Å². The number of nitrogens with two attached hydrogens (primary N) is 1. The number of amides is 1. The van der Waals surface area contributed by atoms with Crippen LogP contribution in [0.1, 0.15) is 10.4 Å². The van der Waals surface area contributed by atoms with Crippen LogP contribution in [0.25, 0.3) is 0 Å². The lowest BCUT2D eigenvalue weighted by Gasteiger charge is -2.10. The van der Waals surface area contributed by atoms with Gasteiger partial charge in [0, 0.05) is 4.88 Å². The largest absolute Gasteiger partial charge is 0.483 e. The summed E-state index contributed by atoms with van der Waals surface area (Å²) in [6.45, 7) is 0.329. The smallest absolute Gasteiger partial charge is 0.258 e. The Labute approximate surface area is 136 Å². The maximum atomic E-state index is 11.7. The van der Waals surface area contributed by atoms with Crippen LogP contribution in [-0.2, 0) is 11.3 Å². The van der Waals surface area contributed by atoms with Crippen LogP contribution in [0.5, 0.6) is 5.75 Å². The van der Waals surface area contributed by atoms with Crippen molar-refractivity contribution in [1.29, 1.82) is 0 Å². The minimum atomic E-state index is -0.225. The first-order valence-corrected chi connectivity index (χ1v) is 7.69. The van der Waals surface area contributed by atoms with Crippen molar-refractivity contribution in [2.75, 3.05) is 6.61 Å². The summed E-state index contributed by atoms with van der Waals surface area (Å²) in [5.41, 5.74) is 6.21. The van der Waals surface area contributed by atoms with Gasteiger partial charge in [0.1, 0.15) is 10.7 Å². The molecule has 1 heterocycles. The van der Waals surface area contributed by atoms with E-state index in [0.29, 0.717) is 22.2 Å². The number of carbonyl (C=O) groups excluding carboxylic acids is 1. The zero-order valence-corrected chi connectivity index (χ0v) is 13.4. The minimum absolute atomic E-state index is 0.0985. The van der Waals surface area contributed by atoms with E-state index in [1.54, 1.807) is 24.3 Å². The summed E-state index contributed by atoms with van der Waals surface area (Å²) in [6.07, 6.45) is 0. The summed E-state index contributed by atoms with van der Waals surface area (Å²) < 4.78 is 6.15. The number of hydrogen-bond donors (Lipinski definition) is 2. The van der Waals surface area contributed by atoms with E-state index in [-0.39, 0.29) is 17.5 Å². The molecule has 3 N–H and O–H groups in total. The van der Waals surface area contributed by atoms with Crippen LogP contribution in [0.4, 0.5) is 0 Å². The van der Waals surface area contributed by atoms with E-state index in [4.69, 9.17) is 34.3 Å². The van der Waals surface area contributed by atoms with Crippen molar-refractivity contribution in [3.8, 4) is 5.75 Å². The van der Waals surface area contributed by atoms with Crippen LogP contribution < -0.4 is 15.8 Å². The number of nitrogens with one attached hydrogen (secondary N) is 1. The molecular formula is C14H13ClN2O2S2. The van der Waals surface area contributed by atoms with E-state index < -0.39 is 0 Å². The summed E-state index contributed by atoms with van der Waals surface area (Å²) >= 11 is 12.2. The molecule has 0 aliphatic carbocycles. The van der Waals surface area contributed by atoms with Gasteiger partial charge in [0.15, 0.2) is 6.61 Å². The minimum Gasteiger partial charge on any atom is -0.483 e. The monoisotopic (exact) mass is 340 g/mol. The second kappa shape index (κ2) is 7.40. The number of halogens is 1. The number of ether oxygens (including phenoxy) is 1. The molecule has 2 aromatic rings. The summed E-state index contributed by atoms with van der Waals surface area (Å²) in [7, 11) is 0. The molecule has 4 nitrogen and oxygen atoms in total. The maximum absolute atomic E-state index is 11.7. The second-order valence-corrected chi connectivity index (χ2v) is 6.37. The summed E-state index contributed by atoms with van der Waals surface area (Å²) in [6, 6.07) is 10.7.